The number of rotatable bonds is 3. The van der Waals surface area contributed by atoms with E-state index in [9.17, 15) is 14.9 Å². The van der Waals surface area contributed by atoms with Gasteiger partial charge in [0.25, 0.3) is 5.69 Å². The van der Waals surface area contributed by atoms with Crippen LogP contribution in [0.2, 0.25) is 0 Å². The van der Waals surface area contributed by atoms with Crippen LogP contribution in [0.1, 0.15) is 15.9 Å². The predicted molar refractivity (Wildman–Crippen MR) is 62.7 cm³/mol. The molecule has 1 aromatic rings. The number of nitrogens with one attached hydrogen (secondary N) is 1. The molecule has 0 atom stereocenters. The first-order valence-electron chi connectivity index (χ1n) is 4.18. The van der Waals surface area contributed by atoms with Gasteiger partial charge >= 0.3 is 5.97 Å². The van der Waals surface area contributed by atoms with E-state index in [1.807, 2.05) is 0 Å². The van der Waals surface area contributed by atoms with Crippen LogP contribution in [-0.4, -0.2) is 23.8 Å². The van der Waals surface area contributed by atoms with Gasteiger partial charge in [0.1, 0.15) is 11.4 Å². The molecule has 92 valence electrons. The molecule has 0 aliphatic carbocycles. The third-order valence-corrected chi connectivity index (χ3v) is 1.91. The number of nitrogens with two attached hydrogens (primary N) is 1. The molecule has 0 aliphatic rings. The van der Waals surface area contributed by atoms with Crippen LogP contribution in [0.5, 0.6) is 0 Å². The van der Waals surface area contributed by atoms with Gasteiger partial charge in [0.2, 0.25) is 0 Å². The lowest BCUT2D eigenvalue weighted by atomic mass is 10.1. The van der Waals surface area contributed by atoms with Crippen molar-refractivity contribution in [3.8, 4) is 0 Å². The number of nitrogens with zero attached hydrogens (tertiary/aromatic N) is 1. The van der Waals surface area contributed by atoms with Crippen molar-refractivity contribution in [3.63, 3.8) is 0 Å². The number of ether oxygens (including phenoxy) is 1. The minimum Gasteiger partial charge on any atom is -0.465 e. The molecule has 1 rings (SSSR count). The number of benzene rings is 1. The summed E-state index contributed by atoms with van der Waals surface area (Å²) in [5.74, 6) is -1.11. The number of amidine groups is 1. The summed E-state index contributed by atoms with van der Waals surface area (Å²) >= 11 is 0. The van der Waals surface area contributed by atoms with Crippen LogP contribution in [0.25, 0.3) is 0 Å². The molecule has 0 saturated carbocycles. The van der Waals surface area contributed by atoms with E-state index in [1.54, 1.807) is 0 Å². The van der Waals surface area contributed by atoms with Crippen LogP contribution in [0.3, 0.4) is 0 Å². The molecule has 0 heterocycles. The van der Waals surface area contributed by atoms with E-state index in [0.717, 1.165) is 13.2 Å². The van der Waals surface area contributed by atoms with Crippen molar-refractivity contribution in [3.05, 3.63) is 39.4 Å². The van der Waals surface area contributed by atoms with Crippen LogP contribution < -0.4 is 5.73 Å². The fourth-order valence-electron chi connectivity index (χ4n) is 1.13. The van der Waals surface area contributed by atoms with Crippen molar-refractivity contribution in [2.75, 3.05) is 7.11 Å². The molecule has 0 radical (unpaired) electrons. The number of nitro groups is 1. The standard InChI is InChI=1S/C9H9N3O4.ClH/c1-16-9(13)6-3-2-5(8(10)11)4-7(6)12(14)15;/h2-4H,1H3,(H3,10,11);1H. The molecule has 0 spiro atoms. The van der Waals surface area contributed by atoms with Crippen molar-refractivity contribution < 1.29 is 14.5 Å². The van der Waals surface area contributed by atoms with E-state index < -0.39 is 16.6 Å². The highest BCUT2D eigenvalue weighted by atomic mass is 35.5. The number of halogens is 1. The Labute approximate surface area is 103 Å². The SMILES string of the molecule is COC(=O)c1ccc(C(=N)N)cc1[N+](=O)[O-].Cl. The van der Waals surface area contributed by atoms with Gasteiger partial charge in [-0.1, -0.05) is 0 Å². The highest BCUT2D eigenvalue weighted by Crippen LogP contribution is 2.20. The van der Waals surface area contributed by atoms with Gasteiger partial charge in [-0.15, -0.1) is 12.4 Å². The number of nitro benzene ring substituents is 1. The van der Waals surface area contributed by atoms with E-state index in [4.69, 9.17) is 11.1 Å². The average molecular weight is 260 g/mol. The van der Waals surface area contributed by atoms with Crippen molar-refractivity contribution in [1.82, 2.24) is 0 Å². The summed E-state index contributed by atoms with van der Waals surface area (Å²) in [4.78, 5) is 21.2. The first kappa shape index (κ1) is 14.8. The number of carbonyl (C=O) groups is 1. The molecule has 17 heavy (non-hydrogen) atoms. The van der Waals surface area contributed by atoms with Gasteiger partial charge in [-0.25, -0.2) is 4.79 Å². The van der Waals surface area contributed by atoms with Crippen LogP contribution in [0.4, 0.5) is 5.69 Å². The van der Waals surface area contributed by atoms with E-state index in [1.165, 1.54) is 12.1 Å². The molecular formula is C9H10ClN3O4. The van der Waals surface area contributed by atoms with Gasteiger partial charge in [0.15, 0.2) is 0 Å². The summed E-state index contributed by atoms with van der Waals surface area (Å²) in [7, 11) is 1.13. The monoisotopic (exact) mass is 259 g/mol. The second kappa shape index (κ2) is 5.80. The zero-order valence-electron chi connectivity index (χ0n) is 8.80. The van der Waals surface area contributed by atoms with Crippen LogP contribution in [-0.2, 0) is 4.74 Å². The van der Waals surface area contributed by atoms with Gasteiger partial charge in [-0.05, 0) is 12.1 Å². The maximum absolute atomic E-state index is 11.2. The van der Waals surface area contributed by atoms with Crippen molar-refractivity contribution >= 4 is 29.9 Å². The van der Waals surface area contributed by atoms with Gasteiger partial charge in [-0.2, -0.15) is 0 Å². The van der Waals surface area contributed by atoms with Gasteiger partial charge in [-0.3, -0.25) is 15.5 Å². The molecule has 0 saturated heterocycles. The third-order valence-electron chi connectivity index (χ3n) is 1.91. The van der Waals surface area contributed by atoms with E-state index in [-0.39, 0.29) is 29.4 Å². The fraction of sp³-hybridized carbons (Fsp3) is 0.111. The van der Waals surface area contributed by atoms with Crippen LogP contribution >= 0.6 is 12.4 Å². The Balaban J connectivity index is 0.00000256. The second-order valence-corrected chi connectivity index (χ2v) is 2.89. The average Bonchev–Trinajstić information content (AvgIpc) is 2.26. The third kappa shape index (κ3) is 3.15. The summed E-state index contributed by atoms with van der Waals surface area (Å²) in [5.41, 5.74) is 4.77. The lowest BCUT2D eigenvalue weighted by Crippen LogP contribution is -2.13. The normalized spacial score (nSPS) is 9.00. The Hall–Kier alpha value is -2.15. The summed E-state index contributed by atoms with van der Waals surface area (Å²) in [6.07, 6.45) is 0. The smallest absolute Gasteiger partial charge is 0.344 e. The van der Waals surface area contributed by atoms with Gasteiger partial charge in [0.05, 0.1) is 12.0 Å². The van der Waals surface area contributed by atoms with E-state index in [2.05, 4.69) is 4.74 Å². The predicted octanol–water partition coefficient (Wildman–Crippen LogP) is 1.09. The van der Waals surface area contributed by atoms with Crippen molar-refractivity contribution in [2.45, 2.75) is 0 Å². The molecular weight excluding hydrogens is 250 g/mol. The Bertz CT molecular complexity index is 475. The molecule has 3 N–H and O–H groups in total. The largest absolute Gasteiger partial charge is 0.465 e. The van der Waals surface area contributed by atoms with Crippen molar-refractivity contribution in [2.24, 2.45) is 5.73 Å². The second-order valence-electron chi connectivity index (χ2n) is 2.89. The molecule has 1 aromatic carbocycles. The topological polar surface area (TPSA) is 119 Å². The number of nitrogen functional groups attached to an aromatic ring is 1. The van der Waals surface area contributed by atoms with Crippen LogP contribution in [0.15, 0.2) is 18.2 Å². The quantitative estimate of drug-likeness (QED) is 0.277. The molecule has 7 nitrogen and oxygen atoms in total. The zero-order valence-corrected chi connectivity index (χ0v) is 9.61. The van der Waals surface area contributed by atoms with Crippen LogP contribution in [0, 0.1) is 15.5 Å². The number of carbonyl (C=O) groups excluding carboxylic acids is 1. The zero-order chi connectivity index (χ0) is 12.3. The molecule has 8 heteroatoms. The molecule has 0 unspecified atom stereocenters. The molecule has 0 aromatic heterocycles. The molecule has 0 amide bonds. The molecule has 0 aliphatic heterocycles. The maximum atomic E-state index is 11.2. The highest BCUT2D eigenvalue weighted by Gasteiger charge is 2.21. The van der Waals surface area contributed by atoms with Gasteiger partial charge < -0.3 is 10.5 Å². The van der Waals surface area contributed by atoms with E-state index >= 15 is 0 Å². The van der Waals surface area contributed by atoms with Crippen molar-refractivity contribution in [1.29, 1.82) is 5.41 Å². The van der Waals surface area contributed by atoms with Gasteiger partial charge in [0, 0.05) is 11.6 Å². The van der Waals surface area contributed by atoms with E-state index in [0.29, 0.717) is 0 Å². The Morgan fingerprint density at radius 1 is 1.53 bits per heavy atom. The first-order chi connectivity index (χ1) is 7.47. The number of hydrogen-bond donors (Lipinski definition) is 2. The molecule has 0 bridgehead atoms. The Kier molecular flexibility index (Phi) is 5.07. The maximum Gasteiger partial charge on any atom is 0.344 e. The minimum absolute atomic E-state index is 0. The summed E-state index contributed by atoms with van der Waals surface area (Å²) in [5, 5.41) is 17.8. The number of methoxy groups -OCH3 is 1. The molecule has 0 fully saturated rings. The Morgan fingerprint density at radius 2 is 2.12 bits per heavy atom. The minimum atomic E-state index is -0.804. The Morgan fingerprint density at radius 3 is 2.53 bits per heavy atom. The highest BCUT2D eigenvalue weighted by molar-refractivity contribution is 5.99. The summed E-state index contributed by atoms with van der Waals surface area (Å²) < 4.78 is 4.40. The first-order valence-corrected chi connectivity index (χ1v) is 4.18. The lowest BCUT2D eigenvalue weighted by molar-refractivity contribution is -0.385. The summed E-state index contributed by atoms with van der Waals surface area (Å²) in [6, 6.07) is 3.62. The number of hydrogen-bond acceptors (Lipinski definition) is 5. The lowest BCUT2D eigenvalue weighted by Gasteiger charge is -2.03. The summed E-state index contributed by atoms with van der Waals surface area (Å²) in [6.45, 7) is 0. The fourth-order valence-corrected chi connectivity index (χ4v) is 1.13. The number of esters is 1.